The minimum Gasteiger partial charge on any atom is -0.341 e. The van der Waals surface area contributed by atoms with Crippen molar-refractivity contribution in [1.82, 2.24) is 4.90 Å². The van der Waals surface area contributed by atoms with Gasteiger partial charge >= 0.3 is 0 Å². The Bertz CT molecular complexity index is 282. The Morgan fingerprint density at radius 1 is 1.29 bits per heavy atom. The van der Waals surface area contributed by atoms with E-state index in [0.29, 0.717) is 0 Å². The van der Waals surface area contributed by atoms with Crippen molar-refractivity contribution in [2.75, 3.05) is 19.0 Å². The van der Waals surface area contributed by atoms with E-state index in [9.17, 15) is 4.79 Å². The van der Waals surface area contributed by atoms with E-state index in [0.717, 1.165) is 36.8 Å². The molecule has 3 heteroatoms. The van der Waals surface area contributed by atoms with Gasteiger partial charge in [-0.1, -0.05) is 12.2 Å². The highest BCUT2D eigenvalue weighted by molar-refractivity contribution is 6.27. The highest BCUT2D eigenvalue weighted by Crippen LogP contribution is 2.51. The van der Waals surface area contributed by atoms with Crippen molar-refractivity contribution in [3.63, 3.8) is 0 Å². The number of halogens is 1. The summed E-state index contributed by atoms with van der Waals surface area (Å²) in [6.45, 7) is 1.89. The van der Waals surface area contributed by atoms with Gasteiger partial charge in [-0.2, -0.15) is 0 Å². The second-order valence-electron chi connectivity index (χ2n) is 4.71. The van der Waals surface area contributed by atoms with Gasteiger partial charge in [0.05, 0.1) is 0 Å². The second kappa shape index (κ2) is 2.99. The van der Waals surface area contributed by atoms with Gasteiger partial charge in [-0.15, -0.1) is 11.6 Å². The molecule has 2 bridgehead atoms. The summed E-state index contributed by atoms with van der Waals surface area (Å²) in [4.78, 5) is 13.4. The lowest BCUT2D eigenvalue weighted by atomic mass is 9.86. The number of fused-ring (bicyclic) bond motifs is 5. The summed E-state index contributed by atoms with van der Waals surface area (Å²) in [5.74, 6) is 3.22. The fourth-order valence-electron chi connectivity index (χ4n) is 3.44. The van der Waals surface area contributed by atoms with E-state index >= 15 is 0 Å². The van der Waals surface area contributed by atoms with Gasteiger partial charge in [0, 0.05) is 13.1 Å². The molecule has 2 fully saturated rings. The number of carbonyl (C=O) groups is 1. The molecular formula is C11H14ClNO. The summed E-state index contributed by atoms with van der Waals surface area (Å²) in [5.41, 5.74) is 0. The van der Waals surface area contributed by atoms with Crippen LogP contribution < -0.4 is 0 Å². The molecule has 1 heterocycles. The SMILES string of the molecule is O=C(CCl)N1CC2C3C=CC(C3)C2C1. The largest absolute Gasteiger partial charge is 0.341 e. The summed E-state index contributed by atoms with van der Waals surface area (Å²) in [5, 5.41) is 0. The molecule has 0 aromatic carbocycles. The molecule has 2 nitrogen and oxygen atoms in total. The van der Waals surface area contributed by atoms with Crippen LogP contribution in [0.3, 0.4) is 0 Å². The van der Waals surface area contributed by atoms with Crippen molar-refractivity contribution in [3.05, 3.63) is 12.2 Å². The van der Waals surface area contributed by atoms with Crippen LogP contribution in [0.2, 0.25) is 0 Å². The van der Waals surface area contributed by atoms with Crippen LogP contribution in [0.1, 0.15) is 6.42 Å². The van der Waals surface area contributed by atoms with Gasteiger partial charge in [-0.25, -0.2) is 0 Å². The zero-order chi connectivity index (χ0) is 9.71. The maximum absolute atomic E-state index is 11.5. The number of likely N-dealkylation sites (tertiary alicyclic amines) is 1. The van der Waals surface area contributed by atoms with Crippen LogP contribution in [-0.2, 0) is 4.79 Å². The zero-order valence-corrected chi connectivity index (χ0v) is 8.78. The normalized spacial score (nSPS) is 43.4. The average Bonchev–Trinajstić information content (AvgIpc) is 2.87. The summed E-state index contributed by atoms with van der Waals surface area (Å²) in [6.07, 6.45) is 6.03. The van der Waals surface area contributed by atoms with E-state index in [1.54, 1.807) is 0 Å². The van der Waals surface area contributed by atoms with Crippen LogP contribution in [0.15, 0.2) is 12.2 Å². The highest BCUT2D eigenvalue weighted by atomic mass is 35.5. The lowest BCUT2D eigenvalue weighted by Crippen LogP contribution is -2.31. The molecule has 0 N–H and O–H groups in total. The predicted octanol–water partition coefficient (Wildman–Crippen LogP) is 1.51. The van der Waals surface area contributed by atoms with Crippen LogP contribution in [0.5, 0.6) is 0 Å². The Labute approximate surface area is 88.9 Å². The van der Waals surface area contributed by atoms with Crippen molar-refractivity contribution >= 4 is 17.5 Å². The molecule has 0 aromatic heterocycles. The Kier molecular flexibility index (Phi) is 1.88. The molecule has 3 aliphatic rings. The average molecular weight is 212 g/mol. The number of nitrogens with zero attached hydrogens (tertiary/aromatic N) is 1. The van der Waals surface area contributed by atoms with Crippen LogP contribution >= 0.6 is 11.6 Å². The summed E-state index contributed by atoms with van der Waals surface area (Å²) in [7, 11) is 0. The van der Waals surface area contributed by atoms with Gasteiger partial charge in [0.1, 0.15) is 5.88 Å². The monoisotopic (exact) mass is 211 g/mol. The molecule has 0 spiro atoms. The van der Waals surface area contributed by atoms with Crippen LogP contribution in [0.25, 0.3) is 0 Å². The van der Waals surface area contributed by atoms with Gasteiger partial charge in [-0.05, 0) is 30.1 Å². The van der Waals surface area contributed by atoms with Crippen LogP contribution in [0, 0.1) is 23.7 Å². The smallest absolute Gasteiger partial charge is 0.237 e. The van der Waals surface area contributed by atoms with E-state index in [1.165, 1.54) is 6.42 Å². The molecule has 0 radical (unpaired) electrons. The van der Waals surface area contributed by atoms with Crippen molar-refractivity contribution in [3.8, 4) is 0 Å². The summed E-state index contributed by atoms with van der Waals surface area (Å²) < 4.78 is 0. The number of rotatable bonds is 1. The number of alkyl halides is 1. The minimum absolute atomic E-state index is 0.112. The molecule has 1 aliphatic heterocycles. The van der Waals surface area contributed by atoms with Crippen LogP contribution in [0.4, 0.5) is 0 Å². The van der Waals surface area contributed by atoms with Gasteiger partial charge in [0.15, 0.2) is 0 Å². The predicted molar refractivity (Wildman–Crippen MR) is 55.0 cm³/mol. The third-order valence-corrected chi connectivity index (χ3v) is 4.36. The standard InChI is InChI=1S/C11H14ClNO/c12-4-11(14)13-5-9-7-1-2-8(3-7)10(9)6-13/h1-2,7-10H,3-6H2. The van der Waals surface area contributed by atoms with Gasteiger partial charge in [-0.3, -0.25) is 4.79 Å². The van der Waals surface area contributed by atoms with Gasteiger partial charge in [0.2, 0.25) is 5.91 Å². The van der Waals surface area contributed by atoms with E-state index in [2.05, 4.69) is 12.2 Å². The maximum atomic E-state index is 11.5. The molecule has 1 saturated heterocycles. The van der Waals surface area contributed by atoms with Gasteiger partial charge < -0.3 is 4.90 Å². The first-order valence-corrected chi connectivity index (χ1v) is 5.85. The third kappa shape index (κ3) is 1.07. The Morgan fingerprint density at radius 3 is 2.36 bits per heavy atom. The minimum atomic E-state index is 0.112. The number of carbonyl (C=O) groups excluding carboxylic acids is 1. The first-order chi connectivity index (χ1) is 6.79. The van der Waals surface area contributed by atoms with E-state index < -0.39 is 0 Å². The topological polar surface area (TPSA) is 20.3 Å². The lowest BCUT2D eigenvalue weighted by Gasteiger charge is -2.17. The quantitative estimate of drug-likeness (QED) is 0.476. The second-order valence-corrected chi connectivity index (χ2v) is 4.98. The van der Waals surface area contributed by atoms with E-state index in [4.69, 9.17) is 11.6 Å². The number of hydrogen-bond acceptors (Lipinski definition) is 1. The Morgan fingerprint density at radius 2 is 1.86 bits per heavy atom. The molecule has 1 saturated carbocycles. The Hall–Kier alpha value is -0.500. The van der Waals surface area contributed by atoms with Crippen molar-refractivity contribution in [1.29, 1.82) is 0 Å². The lowest BCUT2D eigenvalue weighted by molar-refractivity contribution is -0.127. The molecule has 2 aliphatic carbocycles. The number of amides is 1. The molecule has 14 heavy (non-hydrogen) atoms. The Balaban J connectivity index is 1.76. The van der Waals surface area contributed by atoms with Gasteiger partial charge in [0.25, 0.3) is 0 Å². The van der Waals surface area contributed by atoms with Crippen molar-refractivity contribution < 1.29 is 4.79 Å². The first kappa shape index (κ1) is 8.78. The molecule has 3 rings (SSSR count). The van der Waals surface area contributed by atoms with E-state index in [1.807, 2.05) is 4.90 Å². The highest BCUT2D eigenvalue weighted by Gasteiger charge is 2.49. The summed E-state index contributed by atoms with van der Waals surface area (Å²) >= 11 is 5.57. The molecular weight excluding hydrogens is 198 g/mol. The maximum Gasteiger partial charge on any atom is 0.237 e. The third-order valence-electron chi connectivity index (χ3n) is 4.13. The summed E-state index contributed by atoms with van der Waals surface area (Å²) in [6, 6.07) is 0. The molecule has 4 atom stereocenters. The van der Waals surface area contributed by atoms with Crippen molar-refractivity contribution in [2.45, 2.75) is 6.42 Å². The van der Waals surface area contributed by atoms with E-state index in [-0.39, 0.29) is 11.8 Å². The van der Waals surface area contributed by atoms with Crippen LogP contribution in [-0.4, -0.2) is 29.8 Å². The number of hydrogen-bond donors (Lipinski definition) is 0. The number of allylic oxidation sites excluding steroid dienone is 2. The fraction of sp³-hybridized carbons (Fsp3) is 0.727. The fourth-order valence-corrected chi connectivity index (χ4v) is 3.61. The zero-order valence-electron chi connectivity index (χ0n) is 8.03. The molecule has 4 unspecified atom stereocenters. The van der Waals surface area contributed by atoms with Crippen molar-refractivity contribution in [2.24, 2.45) is 23.7 Å². The molecule has 1 amide bonds. The first-order valence-electron chi connectivity index (χ1n) is 5.31. The molecule has 76 valence electrons. The molecule has 0 aromatic rings.